The number of nitrogens with zero attached hydrogens (tertiary/aromatic N) is 1. The fourth-order valence-corrected chi connectivity index (χ4v) is 2.69. The summed E-state index contributed by atoms with van der Waals surface area (Å²) in [6, 6.07) is 6.57. The van der Waals surface area contributed by atoms with Crippen LogP contribution >= 0.6 is 0 Å². The zero-order valence-electron chi connectivity index (χ0n) is 11.1. The maximum atomic E-state index is 12.8. The summed E-state index contributed by atoms with van der Waals surface area (Å²) in [5, 5.41) is 0. The third-order valence-electron chi connectivity index (χ3n) is 3.80. The molecule has 2 rings (SSSR count). The van der Waals surface area contributed by atoms with E-state index in [4.69, 9.17) is 5.73 Å². The van der Waals surface area contributed by atoms with E-state index >= 15 is 0 Å². The van der Waals surface area contributed by atoms with Gasteiger partial charge < -0.3 is 10.6 Å². The summed E-state index contributed by atoms with van der Waals surface area (Å²) in [7, 11) is 0. The summed E-state index contributed by atoms with van der Waals surface area (Å²) in [6.07, 6.45) is 3.59. The maximum Gasteiger partial charge on any atom is 0.123 e. The number of likely N-dealkylation sites (tertiary alicyclic amines) is 1. The van der Waals surface area contributed by atoms with Crippen molar-refractivity contribution in [2.75, 3.05) is 19.6 Å². The predicted molar refractivity (Wildman–Crippen MR) is 72.8 cm³/mol. The molecule has 1 saturated heterocycles. The van der Waals surface area contributed by atoms with Crippen molar-refractivity contribution in [2.24, 2.45) is 11.7 Å². The van der Waals surface area contributed by atoms with Crippen molar-refractivity contribution in [1.29, 1.82) is 0 Å². The molecule has 1 aromatic carbocycles. The Morgan fingerprint density at radius 2 is 2.11 bits per heavy atom. The normalized spacial score (nSPS) is 22.9. The topological polar surface area (TPSA) is 29.3 Å². The van der Waals surface area contributed by atoms with E-state index in [-0.39, 0.29) is 11.9 Å². The molecule has 0 bridgehead atoms. The van der Waals surface area contributed by atoms with Crippen LogP contribution in [0.2, 0.25) is 0 Å². The largest absolute Gasteiger partial charge is 0.324 e. The smallest absolute Gasteiger partial charge is 0.123 e. The summed E-state index contributed by atoms with van der Waals surface area (Å²) in [5.74, 6) is 0.608. The summed E-state index contributed by atoms with van der Waals surface area (Å²) in [6.45, 7) is 5.74. The van der Waals surface area contributed by atoms with E-state index in [1.807, 2.05) is 0 Å². The third-order valence-corrected chi connectivity index (χ3v) is 3.80. The van der Waals surface area contributed by atoms with Gasteiger partial charge in [-0.1, -0.05) is 19.1 Å². The second kappa shape index (κ2) is 6.30. The van der Waals surface area contributed by atoms with Crippen molar-refractivity contribution in [3.63, 3.8) is 0 Å². The fourth-order valence-electron chi connectivity index (χ4n) is 2.69. The van der Waals surface area contributed by atoms with E-state index in [1.165, 1.54) is 38.1 Å². The molecule has 2 nitrogen and oxygen atoms in total. The molecule has 18 heavy (non-hydrogen) atoms. The molecule has 0 saturated carbocycles. The van der Waals surface area contributed by atoms with Crippen LogP contribution in [0.1, 0.15) is 37.8 Å². The lowest BCUT2D eigenvalue weighted by atomic mass is 9.99. The molecule has 0 aromatic heterocycles. The number of hydrogen-bond acceptors (Lipinski definition) is 2. The Hall–Kier alpha value is -0.930. The van der Waals surface area contributed by atoms with Crippen molar-refractivity contribution in [3.8, 4) is 0 Å². The van der Waals surface area contributed by atoms with Gasteiger partial charge in [0.2, 0.25) is 0 Å². The molecule has 2 N–H and O–H groups in total. The molecule has 2 atom stereocenters. The highest BCUT2D eigenvalue weighted by Gasteiger charge is 2.17. The standard InChI is InChI=1S/C15H23FN2/c1-12-3-2-9-18(11-12)10-8-15(17)13-4-6-14(16)7-5-13/h4-7,12,15H,2-3,8-11,17H2,1H3. The Kier molecular flexibility index (Phi) is 4.72. The first-order valence-corrected chi connectivity index (χ1v) is 6.88. The number of benzene rings is 1. The molecule has 0 radical (unpaired) electrons. The molecule has 0 spiro atoms. The Bertz CT molecular complexity index is 363. The minimum atomic E-state index is -0.198. The van der Waals surface area contributed by atoms with Gasteiger partial charge in [-0.05, 0) is 56.0 Å². The SMILES string of the molecule is CC1CCCN(CCC(N)c2ccc(F)cc2)C1. The lowest BCUT2D eigenvalue weighted by Gasteiger charge is -2.31. The van der Waals surface area contributed by atoms with E-state index in [2.05, 4.69) is 11.8 Å². The van der Waals surface area contributed by atoms with Crippen molar-refractivity contribution < 1.29 is 4.39 Å². The Morgan fingerprint density at radius 3 is 2.78 bits per heavy atom. The summed E-state index contributed by atoms with van der Waals surface area (Å²) in [5.41, 5.74) is 7.18. The van der Waals surface area contributed by atoms with Gasteiger partial charge in [-0.25, -0.2) is 4.39 Å². The van der Waals surface area contributed by atoms with Crippen LogP contribution in [-0.4, -0.2) is 24.5 Å². The van der Waals surface area contributed by atoms with Crippen molar-refractivity contribution in [1.82, 2.24) is 4.90 Å². The summed E-state index contributed by atoms with van der Waals surface area (Å²) >= 11 is 0. The molecule has 1 fully saturated rings. The minimum absolute atomic E-state index is 0.0165. The van der Waals surface area contributed by atoms with Crippen LogP contribution in [0.25, 0.3) is 0 Å². The third kappa shape index (κ3) is 3.79. The monoisotopic (exact) mass is 250 g/mol. The Labute approximate surface area is 109 Å². The first-order valence-electron chi connectivity index (χ1n) is 6.88. The Morgan fingerprint density at radius 1 is 1.39 bits per heavy atom. The van der Waals surface area contributed by atoms with Gasteiger partial charge in [0.25, 0.3) is 0 Å². The van der Waals surface area contributed by atoms with Gasteiger partial charge in [0.1, 0.15) is 5.82 Å². The predicted octanol–water partition coefficient (Wildman–Crippen LogP) is 2.95. The molecular weight excluding hydrogens is 227 g/mol. The Balaban J connectivity index is 1.80. The van der Waals surface area contributed by atoms with Crippen molar-refractivity contribution in [3.05, 3.63) is 35.6 Å². The van der Waals surface area contributed by atoms with E-state index in [0.29, 0.717) is 0 Å². The number of hydrogen-bond donors (Lipinski definition) is 1. The lowest BCUT2D eigenvalue weighted by Crippen LogP contribution is -2.36. The van der Waals surface area contributed by atoms with Gasteiger partial charge in [-0.3, -0.25) is 0 Å². The van der Waals surface area contributed by atoms with Crippen LogP contribution in [0.15, 0.2) is 24.3 Å². The highest BCUT2D eigenvalue weighted by atomic mass is 19.1. The molecular formula is C15H23FN2. The first-order chi connectivity index (χ1) is 8.65. The maximum absolute atomic E-state index is 12.8. The molecule has 3 heteroatoms. The van der Waals surface area contributed by atoms with Gasteiger partial charge in [0.15, 0.2) is 0 Å². The zero-order valence-corrected chi connectivity index (χ0v) is 11.1. The van der Waals surface area contributed by atoms with Gasteiger partial charge in [-0.15, -0.1) is 0 Å². The minimum Gasteiger partial charge on any atom is -0.324 e. The first kappa shape index (κ1) is 13.5. The number of nitrogens with two attached hydrogens (primary N) is 1. The van der Waals surface area contributed by atoms with E-state index in [0.717, 1.165) is 24.4 Å². The van der Waals surface area contributed by atoms with Crippen LogP contribution < -0.4 is 5.73 Å². The highest BCUT2D eigenvalue weighted by Crippen LogP contribution is 2.19. The van der Waals surface area contributed by atoms with Crippen LogP contribution in [0.3, 0.4) is 0 Å². The number of piperidine rings is 1. The average molecular weight is 250 g/mol. The molecule has 1 aliphatic heterocycles. The van der Waals surface area contributed by atoms with Crippen molar-refractivity contribution >= 4 is 0 Å². The molecule has 0 amide bonds. The average Bonchev–Trinajstić information content (AvgIpc) is 2.37. The van der Waals surface area contributed by atoms with Crippen molar-refractivity contribution in [2.45, 2.75) is 32.2 Å². The molecule has 1 aromatic rings. The fraction of sp³-hybridized carbons (Fsp3) is 0.600. The van der Waals surface area contributed by atoms with E-state index in [9.17, 15) is 4.39 Å². The van der Waals surface area contributed by atoms with Gasteiger partial charge in [-0.2, -0.15) is 0 Å². The van der Waals surface area contributed by atoms with Gasteiger partial charge in [0.05, 0.1) is 0 Å². The second-order valence-electron chi connectivity index (χ2n) is 5.49. The summed E-state index contributed by atoms with van der Waals surface area (Å²) < 4.78 is 12.8. The quantitative estimate of drug-likeness (QED) is 0.890. The van der Waals surface area contributed by atoms with Crippen LogP contribution in [0.4, 0.5) is 4.39 Å². The molecule has 100 valence electrons. The van der Waals surface area contributed by atoms with Crippen LogP contribution in [0, 0.1) is 11.7 Å². The highest BCUT2D eigenvalue weighted by molar-refractivity contribution is 5.19. The van der Waals surface area contributed by atoms with Gasteiger partial charge in [0, 0.05) is 12.6 Å². The molecule has 1 heterocycles. The lowest BCUT2D eigenvalue weighted by molar-refractivity contribution is 0.178. The second-order valence-corrected chi connectivity index (χ2v) is 5.49. The number of rotatable bonds is 4. The van der Waals surface area contributed by atoms with Crippen LogP contribution in [0.5, 0.6) is 0 Å². The van der Waals surface area contributed by atoms with E-state index in [1.54, 1.807) is 12.1 Å². The van der Waals surface area contributed by atoms with Gasteiger partial charge >= 0.3 is 0 Å². The molecule has 1 aliphatic rings. The zero-order chi connectivity index (χ0) is 13.0. The molecule has 0 aliphatic carbocycles. The van der Waals surface area contributed by atoms with Crippen LogP contribution in [-0.2, 0) is 0 Å². The van der Waals surface area contributed by atoms with E-state index < -0.39 is 0 Å². The molecule has 2 unspecified atom stereocenters. The number of halogens is 1. The summed E-state index contributed by atoms with van der Waals surface area (Å²) in [4.78, 5) is 2.50.